The minimum atomic E-state index is -0.321. The standard InChI is InChI=1S/C34H35N3O7/c1-2-40-34(39)26-9-7-15-37(20-26)33(38)29-22-41-32(35-29)21-36(19-25-13-14-30-31(17-25)43-23-42-30)18-24-8-6-12-28(16-24)44-27-10-4-3-5-11-27/h3-6,8,10-14,16-17,22,26H,2,7,9,15,18-21,23H2,1H3/t26-/m1/s1. The molecule has 2 aliphatic heterocycles. The summed E-state index contributed by atoms with van der Waals surface area (Å²) in [5.74, 6) is 2.54. The van der Waals surface area contributed by atoms with Gasteiger partial charge >= 0.3 is 5.97 Å². The van der Waals surface area contributed by atoms with Gasteiger partial charge in [0, 0.05) is 26.2 Å². The molecule has 10 nitrogen and oxygen atoms in total. The van der Waals surface area contributed by atoms with Crippen LogP contribution in [0.2, 0.25) is 0 Å². The molecule has 0 spiro atoms. The number of aromatic nitrogens is 1. The Morgan fingerprint density at radius 3 is 2.57 bits per heavy atom. The summed E-state index contributed by atoms with van der Waals surface area (Å²) in [5, 5.41) is 0. The molecule has 1 saturated heterocycles. The fourth-order valence-corrected chi connectivity index (χ4v) is 5.50. The van der Waals surface area contributed by atoms with E-state index >= 15 is 0 Å². The zero-order chi connectivity index (χ0) is 30.3. The maximum atomic E-state index is 13.3. The number of nitrogens with zero attached hydrogens (tertiary/aromatic N) is 3. The van der Waals surface area contributed by atoms with Crippen molar-refractivity contribution in [2.75, 3.05) is 26.5 Å². The molecule has 0 saturated carbocycles. The van der Waals surface area contributed by atoms with E-state index in [4.69, 9.17) is 23.4 Å². The first-order valence-corrected chi connectivity index (χ1v) is 14.9. The summed E-state index contributed by atoms with van der Waals surface area (Å²) in [6.45, 7) is 4.69. The lowest BCUT2D eigenvalue weighted by molar-refractivity contribution is -0.149. The Hall–Kier alpha value is -4.83. The molecule has 2 aliphatic rings. The lowest BCUT2D eigenvalue weighted by Crippen LogP contribution is -2.43. The van der Waals surface area contributed by atoms with E-state index in [1.54, 1.807) is 11.8 Å². The van der Waals surface area contributed by atoms with Crippen LogP contribution in [0, 0.1) is 5.92 Å². The summed E-state index contributed by atoms with van der Waals surface area (Å²) < 4.78 is 28.1. The zero-order valence-corrected chi connectivity index (χ0v) is 24.6. The minimum absolute atomic E-state index is 0.210. The molecule has 0 unspecified atom stereocenters. The predicted octanol–water partition coefficient (Wildman–Crippen LogP) is 5.81. The highest BCUT2D eigenvalue weighted by Crippen LogP contribution is 2.33. The van der Waals surface area contributed by atoms with Crippen LogP contribution < -0.4 is 14.2 Å². The lowest BCUT2D eigenvalue weighted by Gasteiger charge is -2.30. The number of carbonyl (C=O) groups is 2. The molecule has 3 heterocycles. The summed E-state index contributed by atoms with van der Waals surface area (Å²) in [7, 11) is 0. The Morgan fingerprint density at radius 1 is 0.932 bits per heavy atom. The van der Waals surface area contributed by atoms with Crippen molar-refractivity contribution in [1.82, 2.24) is 14.8 Å². The van der Waals surface area contributed by atoms with Crippen molar-refractivity contribution >= 4 is 11.9 Å². The summed E-state index contributed by atoms with van der Waals surface area (Å²) in [5.41, 5.74) is 2.30. The number of ether oxygens (including phenoxy) is 4. The summed E-state index contributed by atoms with van der Waals surface area (Å²) >= 11 is 0. The van der Waals surface area contributed by atoms with Gasteiger partial charge in [0.25, 0.3) is 5.91 Å². The van der Waals surface area contributed by atoms with Gasteiger partial charge in [-0.25, -0.2) is 4.98 Å². The Bertz CT molecular complexity index is 1590. The number of esters is 1. The molecular formula is C34H35N3O7. The molecule has 10 heteroatoms. The molecule has 228 valence electrons. The number of carbonyl (C=O) groups excluding carboxylic acids is 2. The molecule has 3 aromatic carbocycles. The largest absolute Gasteiger partial charge is 0.466 e. The third-order valence-corrected chi connectivity index (χ3v) is 7.58. The van der Waals surface area contributed by atoms with Crippen molar-refractivity contribution in [2.45, 2.75) is 39.4 Å². The van der Waals surface area contributed by atoms with Crippen LogP contribution in [0.1, 0.15) is 47.3 Å². The number of rotatable bonds is 11. The van der Waals surface area contributed by atoms with E-state index in [1.807, 2.05) is 72.8 Å². The molecule has 6 rings (SSSR count). The molecule has 1 fully saturated rings. The summed E-state index contributed by atoms with van der Waals surface area (Å²) in [6, 6.07) is 23.5. The molecule has 0 aliphatic carbocycles. The molecule has 0 N–H and O–H groups in total. The quantitative estimate of drug-likeness (QED) is 0.198. The third kappa shape index (κ3) is 7.20. The van der Waals surface area contributed by atoms with Crippen molar-refractivity contribution in [3.05, 3.63) is 102 Å². The van der Waals surface area contributed by atoms with Gasteiger partial charge in [0.2, 0.25) is 12.7 Å². The van der Waals surface area contributed by atoms with E-state index in [0.29, 0.717) is 57.4 Å². The van der Waals surface area contributed by atoms with Crippen LogP contribution in [0.25, 0.3) is 0 Å². The van der Waals surface area contributed by atoms with Crippen LogP contribution >= 0.6 is 0 Å². The smallest absolute Gasteiger partial charge is 0.310 e. The van der Waals surface area contributed by atoms with Crippen molar-refractivity contribution < 1.29 is 33.0 Å². The summed E-state index contributed by atoms with van der Waals surface area (Å²) in [6.07, 6.45) is 2.84. The number of likely N-dealkylation sites (tertiary alicyclic amines) is 1. The van der Waals surface area contributed by atoms with Gasteiger partial charge in [-0.15, -0.1) is 0 Å². The molecule has 1 amide bonds. The number of hydrogen-bond donors (Lipinski definition) is 0. The summed E-state index contributed by atoms with van der Waals surface area (Å²) in [4.78, 5) is 34.0. The van der Waals surface area contributed by atoms with Gasteiger partial charge in [0.05, 0.1) is 19.1 Å². The van der Waals surface area contributed by atoms with Crippen LogP contribution in [0.4, 0.5) is 0 Å². The van der Waals surface area contributed by atoms with Gasteiger partial charge in [0.15, 0.2) is 17.2 Å². The van der Waals surface area contributed by atoms with Crippen molar-refractivity contribution in [1.29, 1.82) is 0 Å². The van der Waals surface area contributed by atoms with E-state index in [-0.39, 0.29) is 30.3 Å². The molecule has 0 bridgehead atoms. The number of benzene rings is 3. The fraction of sp³-hybridized carbons (Fsp3) is 0.324. The van der Waals surface area contributed by atoms with Gasteiger partial charge < -0.3 is 28.3 Å². The Labute approximate surface area is 256 Å². The zero-order valence-electron chi connectivity index (χ0n) is 24.6. The lowest BCUT2D eigenvalue weighted by atomic mass is 9.98. The molecule has 44 heavy (non-hydrogen) atoms. The maximum Gasteiger partial charge on any atom is 0.310 e. The van der Waals surface area contributed by atoms with Gasteiger partial charge in [-0.3, -0.25) is 14.5 Å². The molecule has 0 radical (unpaired) electrons. The number of hydrogen-bond acceptors (Lipinski definition) is 9. The van der Waals surface area contributed by atoms with E-state index in [1.165, 1.54) is 6.26 Å². The highest BCUT2D eigenvalue weighted by Gasteiger charge is 2.31. The minimum Gasteiger partial charge on any atom is -0.466 e. The highest BCUT2D eigenvalue weighted by molar-refractivity contribution is 5.92. The monoisotopic (exact) mass is 597 g/mol. The third-order valence-electron chi connectivity index (χ3n) is 7.58. The van der Waals surface area contributed by atoms with Crippen molar-refractivity contribution in [3.8, 4) is 23.0 Å². The molecule has 4 aromatic rings. The number of fused-ring (bicyclic) bond motifs is 1. The first-order valence-electron chi connectivity index (χ1n) is 14.9. The van der Waals surface area contributed by atoms with Crippen molar-refractivity contribution in [2.24, 2.45) is 5.92 Å². The second-order valence-corrected chi connectivity index (χ2v) is 10.9. The Morgan fingerprint density at radius 2 is 1.73 bits per heavy atom. The highest BCUT2D eigenvalue weighted by atomic mass is 16.7. The van der Waals surface area contributed by atoms with E-state index in [2.05, 4.69) is 9.88 Å². The van der Waals surface area contributed by atoms with Crippen LogP contribution in [0.3, 0.4) is 0 Å². The normalized spacial score (nSPS) is 15.8. The van der Waals surface area contributed by atoms with Crippen molar-refractivity contribution in [3.63, 3.8) is 0 Å². The van der Waals surface area contributed by atoms with Crippen LogP contribution in [-0.2, 0) is 29.2 Å². The number of piperidine rings is 1. The predicted molar refractivity (Wildman–Crippen MR) is 160 cm³/mol. The second kappa shape index (κ2) is 13.6. The number of para-hydroxylation sites is 1. The maximum absolute atomic E-state index is 13.3. The first kappa shape index (κ1) is 29.3. The Kier molecular flexibility index (Phi) is 9.07. The van der Waals surface area contributed by atoms with E-state index < -0.39 is 0 Å². The van der Waals surface area contributed by atoms with Crippen LogP contribution in [0.15, 0.2) is 83.5 Å². The van der Waals surface area contributed by atoms with Crippen LogP contribution in [0.5, 0.6) is 23.0 Å². The second-order valence-electron chi connectivity index (χ2n) is 10.9. The first-order chi connectivity index (χ1) is 21.5. The topological polar surface area (TPSA) is 104 Å². The molecular weight excluding hydrogens is 562 g/mol. The average Bonchev–Trinajstić information content (AvgIpc) is 3.71. The van der Waals surface area contributed by atoms with E-state index in [9.17, 15) is 9.59 Å². The van der Waals surface area contributed by atoms with Gasteiger partial charge in [-0.2, -0.15) is 0 Å². The fourth-order valence-electron chi connectivity index (χ4n) is 5.50. The Balaban J connectivity index is 1.17. The number of oxazole rings is 1. The number of amides is 1. The SMILES string of the molecule is CCOC(=O)[C@@H]1CCCN(C(=O)c2coc(CN(Cc3cccc(Oc4ccccc4)c3)Cc3ccc4c(c3)OCO4)n2)C1. The molecule has 1 aromatic heterocycles. The van der Waals surface area contributed by atoms with Gasteiger partial charge in [-0.05, 0) is 67.3 Å². The van der Waals surface area contributed by atoms with Crippen LogP contribution in [-0.4, -0.2) is 53.1 Å². The van der Waals surface area contributed by atoms with Gasteiger partial charge in [0.1, 0.15) is 17.8 Å². The molecule has 1 atom stereocenters. The average molecular weight is 598 g/mol. The van der Waals surface area contributed by atoms with E-state index in [0.717, 1.165) is 34.8 Å². The van der Waals surface area contributed by atoms with Gasteiger partial charge in [-0.1, -0.05) is 36.4 Å².